The second kappa shape index (κ2) is 5.09. The summed E-state index contributed by atoms with van der Waals surface area (Å²) in [5, 5.41) is 11.1. The maximum absolute atomic E-state index is 11.0. The number of ether oxygens (including phenoxy) is 1. The van der Waals surface area contributed by atoms with E-state index in [1.807, 2.05) is 0 Å². The summed E-state index contributed by atoms with van der Waals surface area (Å²) >= 11 is 0. The van der Waals surface area contributed by atoms with Crippen LogP contribution in [0.4, 0.5) is 0 Å². The largest absolute Gasteiger partial charge is 0.394 e. The first-order valence-corrected chi connectivity index (χ1v) is 3.55. The standard InChI is InChI=1S/C7H15NO3/c1-5(4-9)8-7(10)6(2)11-3/h5-6,9H,4H2,1-3H3,(H,8,10). The molecule has 0 aliphatic heterocycles. The third-order valence-electron chi connectivity index (χ3n) is 1.39. The number of hydrogen-bond acceptors (Lipinski definition) is 3. The number of amides is 1. The molecule has 0 aliphatic rings. The summed E-state index contributed by atoms with van der Waals surface area (Å²) in [6.45, 7) is 3.32. The second-order valence-corrected chi connectivity index (χ2v) is 2.47. The Morgan fingerprint density at radius 1 is 1.64 bits per heavy atom. The minimum Gasteiger partial charge on any atom is -0.394 e. The van der Waals surface area contributed by atoms with Gasteiger partial charge in [0.2, 0.25) is 5.91 Å². The van der Waals surface area contributed by atoms with Crippen LogP contribution in [0.25, 0.3) is 0 Å². The van der Waals surface area contributed by atoms with E-state index < -0.39 is 6.10 Å². The SMILES string of the molecule is COC(C)C(=O)NC(C)CO. The Balaban J connectivity index is 3.68. The van der Waals surface area contributed by atoms with Gasteiger partial charge < -0.3 is 15.2 Å². The first kappa shape index (κ1) is 10.4. The van der Waals surface area contributed by atoms with Crippen molar-refractivity contribution in [1.29, 1.82) is 0 Å². The Morgan fingerprint density at radius 2 is 2.18 bits per heavy atom. The molecule has 0 rings (SSSR count). The van der Waals surface area contributed by atoms with Gasteiger partial charge in [-0.05, 0) is 13.8 Å². The molecule has 0 aromatic carbocycles. The Bertz CT molecular complexity index is 127. The molecule has 66 valence electrons. The van der Waals surface area contributed by atoms with Gasteiger partial charge in [0.05, 0.1) is 6.61 Å². The molecule has 0 bridgehead atoms. The molecule has 2 unspecified atom stereocenters. The molecule has 0 saturated heterocycles. The predicted octanol–water partition coefficient (Wildman–Crippen LogP) is -0.482. The van der Waals surface area contributed by atoms with Crippen molar-refractivity contribution in [2.24, 2.45) is 0 Å². The first-order chi connectivity index (χ1) is 5.11. The lowest BCUT2D eigenvalue weighted by Crippen LogP contribution is -2.41. The smallest absolute Gasteiger partial charge is 0.249 e. The average molecular weight is 161 g/mol. The predicted molar refractivity (Wildman–Crippen MR) is 41.2 cm³/mol. The number of aliphatic hydroxyl groups is 1. The van der Waals surface area contributed by atoms with Crippen LogP contribution in [-0.2, 0) is 9.53 Å². The van der Waals surface area contributed by atoms with E-state index in [1.54, 1.807) is 13.8 Å². The van der Waals surface area contributed by atoms with E-state index in [-0.39, 0.29) is 18.6 Å². The zero-order valence-corrected chi connectivity index (χ0v) is 7.13. The Hall–Kier alpha value is -0.610. The molecule has 1 amide bonds. The van der Waals surface area contributed by atoms with E-state index >= 15 is 0 Å². The van der Waals surface area contributed by atoms with Gasteiger partial charge in [-0.15, -0.1) is 0 Å². The highest BCUT2D eigenvalue weighted by Gasteiger charge is 2.12. The fourth-order valence-corrected chi connectivity index (χ4v) is 0.513. The summed E-state index contributed by atoms with van der Waals surface area (Å²) in [6.07, 6.45) is -0.455. The van der Waals surface area contributed by atoms with Crippen molar-refractivity contribution >= 4 is 5.91 Å². The number of nitrogens with one attached hydrogen (secondary N) is 1. The molecule has 2 N–H and O–H groups in total. The van der Waals surface area contributed by atoms with Crippen LogP contribution in [0.1, 0.15) is 13.8 Å². The molecule has 0 fully saturated rings. The zero-order chi connectivity index (χ0) is 8.85. The van der Waals surface area contributed by atoms with Crippen LogP contribution < -0.4 is 5.32 Å². The molecule has 0 heterocycles. The van der Waals surface area contributed by atoms with Crippen molar-refractivity contribution in [3.63, 3.8) is 0 Å². The van der Waals surface area contributed by atoms with Crippen molar-refractivity contribution in [1.82, 2.24) is 5.32 Å². The number of rotatable bonds is 4. The normalized spacial score (nSPS) is 15.6. The Morgan fingerprint density at radius 3 is 2.55 bits per heavy atom. The van der Waals surface area contributed by atoms with Crippen LogP contribution in [0.15, 0.2) is 0 Å². The molecule has 4 nitrogen and oxygen atoms in total. The topological polar surface area (TPSA) is 58.6 Å². The summed E-state index contributed by atoms with van der Waals surface area (Å²) in [6, 6.07) is -0.208. The molecular weight excluding hydrogens is 146 g/mol. The Kier molecular flexibility index (Phi) is 4.81. The zero-order valence-electron chi connectivity index (χ0n) is 7.13. The van der Waals surface area contributed by atoms with Crippen molar-refractivity contribution in [2.75, 3.05) is 13.7 Å². The van der Waals surface area contributed by atoms with Crippen molar-refractivity contribution in [3.05, 3.63) is 0 Å². The van der Waals surface area contributed by atoms with Crippen LogP contribution in [0, 0.1) is 0 Å². The summed E-state index contributed by atoms with van der Waals surface area (Å²) in [5.74, 6) is -0.200. The molecule has 0 saturated carbocycles. The highest BCUT2D eigenvalue weighted by atomic mass is 16.5. The third kappa shape index (κ3) is 3.95. The lowest BCUT2D eigenvalue weighted by molar-refractivity contribution is -0.130. The van der Waals surface area contributed by atoms with Crippen molar-refractivity contribution in [3.8, 4) is 0 Å². The van der Waals surface area contributed by atoms with Crippen LogP contribution in [0.3, 0.4) is 0 Å². The lowest BCUT2D eigenvalue weighted by atomic mass is 10.3. The van der Waals surface area contributed by atoms with E-state index in [4.69, 9.17) is 9.84 Å². The summed E-state index contributed by atoms with van der Waals surface area (Å²) < 4.78 is 4.76. The first-order valence-electron chi connectivity index (χ1n) is 3.55. The van der Waals surface area contributed by atoms with Gasteiger partial charge in [-0.3, -0.25) is 4.79 Å². The van der Waals surface area contributed by atoms with Crippen molar-refractivity contribution < 1.29 is 14.6 Å². The minimum absolute atomic E-state index is 0.0534. The molecule has 0 radical (unpaired) electrons. The average Bonchev–Trinajstić information content (AvgIpc) is 2.02. The van der Waals surface area contributed by atoms with Gasteiger partial charge in [0.1, 0.15) is 6.10 Å². The van der Waals surface area contributed by atoms with E-state index in [1.165, 1.54) is 7.11 Å². The highest BCUT2D eigenvalue weighted by molar-refractivity contribution is 5.80. The van der Waals surface area contributed by atoms with Crippen LogP contribution >= 0.6 is 0 Å². The summed E-state index contributed by atoms with van der Waals surface area (Å²) in [7, 11) is 1.47. The molecule has 0 aromatic heterocycles. The molecular formula is C7H15NO3. The van der Waals surface area contributed by atoms with Gasteiger partial charge in [-0.25, -0.2) is 0 Å². The van der Waals surface area contributed by atoms with Gasteiger partial charge in [-0.2, -0.15) is 0 Å². The molecule has 0 aromatic rings. The van der Waals surface area contributed by atoms with E-state index in [2.05, 4.69) is 5.32 Å². The van der Waals surface area contributed by atoms with Crippen molar-refractivity contribution in [2.45, 2.75) is 26.0 Å². The van der Waals surface area contributed by atoms with Crippen LogP contribution in [0.2, 0.25) is 0 Å². The van der Waals surface area contributed by atoms with Gasteiger partial charge in [0, 0.05) is 13.2 Å². The van der Waals surface area contributed by atoms with Crippen LogP contribution in [0.5, 0.6) is 0 Å². The number of hydrogen-bond donors (Lipinski definition) is 2. The number of aliphatic hydroxyl groups excluding tert-OH is 1. The molecule has 0 aliphatic carbocycles. The van der Waals surface area contributed by atoms with Gasteiger partial charge in [0.25, 0.3) is 0 Å². The summed E-state index contributed by atoms with van der Waals surface area (Å²) in [4.78, 5) is 11.0. The Labute approximate surface area is 66.5 Å². The van der Waals surface area contributed by atoms with Gasteiger partial charge in [0.15, 0.2) is 0 Å². The lowest BCUT2D eigenvalue weighted by Gasteiger charge is -2.14. The third-order valence-corrected chi connectivity index (χ3v) is 1.39. The quantitative estimate of drug-likeness (QED) is 0.585. The molecule has 11 heavy (non-hydrogen) atoms. The van der Waals surface area contributed by atoms with Gasteiger partial charge in [-0.1, -0.05) is 0 Å². The summed E-state index contributed by atoms with van der Waals surface area (Å²) in [5.41, 5.74) is 0. The number of carbonyl (C=O) groups excluding carboxylic acids is 1. The second-order valence-electron chi connectivity index (χ2n) is 2.47. The minimum atomic E-state index is -0.455. The maximum Gasteiger partial charge on any atom is 0.249 e. The van der Waals surface area contributed by atoms with E-state index in [0.717, 1.165) is 0 Å². The van der Waals surface area contributed by atoms with Crippen LogP contribution in [-0.4, -0.2) is 36.9 Å². The maximum atomic E-state index is 11.0. The van der Waals surface area contributed by atoms with Gasteiger partial charge >= 0.3 is 0 Å². The molecule has 2 atom stereocenters. The number of carbonyl (C=O) groups is 1. The van der Waals surface area contributed by atoms with E-state index in [9.17, 15) is 4.79 Å². The fraction of sp³-hybridized carbons (Fsp3) is 0.857. The molecule has 4 heteroatoms. The van der Waals surface area contributed by atoms with E-state index in [0.29, 0.717) is 0 Å². The monoisotopic (exact) mass is 161 g/mol. The highest BCUT2D eigenvalue weighted by Crippen LogP contribution is 1.88. The molecule has 0 spiro atoms. The number of methoxy groups -OCH3 is 1. The fourth-order valence-electron chi connectivity index (χ4n) is 0.513.